The van der Waals surface area contributed by atoms with Crippen LogP contribution in [0.4, 0.5) is 11.8 Å². The van der Waals surface area contributed by atoms with Gasteiger partial charge < -0.3 is 14.2 Å². The number of anilines is 2. The zero-order valence-electron chi connectivity index (χ0n) is 27.1. The molecule has 0 radical (unpaired) electrons. The lowest BCUT2D eigenvalue weighted by Gasteiger charge is -2.44. The first-order chi connectivity index (χ1) is 21.4. The first-order valence-corrected chi connectivity index (χ1v) is 16.4. The quantitative estimate of drug-likeness (QED) is 0.171. The van der Waals surface area contributed by atoms with Crippen molar-refractivity contribution < 1.29 is 4.74 Å². The van der Waals surface area contributed by atoms with Crippen molar-refractivity contribution in [3.8, 4) is 0 Å². The molecule has 44 heavy (non-hydrogen) atoms. The molecule has 1 unspecified atom stereocenters. The van der Waals surface area contributed by atoms with Gasteiger partial charge in [0.25, 0.3) is 0 Å². The molecule has 2 aliphatic rings. The minimum absolute atomic E-state index is 0.0814. The number of fused-ring (bicyclic) bond motifs is 1. The van der Waals surface area contributed by atoms with Crippen LogP contribution in [0.3, 0.4) is 0 Å². The molecule has 2 aromatic heterocycles. The summed E-state index contributed by atoms with van der Waals surface area (Å²) in [4.78, 5) is 18.8. The number of hydrogen-bond donors (Lipinski definition) is 2. The number of nitrogens with one attached hydrogen (secondary N) is 1. The summed E-state index contributed by atoms with van der Waals surface area (Å²) in [5.74, 6) is 7.75. The van der Waals surface area contributed by atoms with E-state index in [1.807, 2.05) is 70.5 Å². The Balaban J connectivity index is 0.000000519. The van der Waals surface area contributed by atoms with Gasteiger partial charge in [-0.3, -0.25) is 10.3 Å². The van der Waals surface area contributed by atoms with E-state index in [4.69, 9.17) is 43.7 Å². The van der Waals surface area contributed by atoms with Crippen LogP contribution >= 0.6 is 23.2 Å². The van der Waals surface area contributed by atoms with E-state index in [9.17, 15) is 0 Å². The molecule has 2 saturated heterocycles. The molecule has 4 aromatic rings. The number of aryl methyl sites for hydroxylation is 2. The lowest BCUT2D eigenvalue weighted by molar-refractivity contribution is 0.187. The number of piperazine rings is 1. The Morgan fingerprint density at radius 2 is 1.41 bits per heavy atom. The van der Waals surface area contributed by atoms with Crippen molar-refractivity contribution in [2.75, 3.05) is 43.2 Å². The van der Waals surface area contributed by atoms with E-state index in [0.29, 0.717) is 5.95 Å². The van der Waals surface area contributed by atoms with E-state index in [2.05, 4.69) is 51.4 Å². The molecular weight excluding hydrogens is 595 g/mol. The van der Waals surface area contributed by atoms with Crippen LogP contribution in [0.2, 0.25) is 10.0 Å². The van der Waals surface area contributed by atoms with Crippen molar-refractivity contribution in [1.82, 2.24) is 24.4 Å². The average Bonchev–Trinajstić information content (AvgIpc) is 3.73. The molecule has 0 aliphatic carbocycles. The first kappa shape index (κ1) is 35.5. The molecule has 2 aromatic carbocycles. The largest absolute Gasteiger partial charge is 0.381 e. The number of nitrogens with zero attached hydrogens (tertiary/aromatic N) is 6. The summed E-state index contributed by atoms with van der Waals surface area (Å²) in [6, 6.07) is 16.4. The van der Waals surface area contributed by atoms with Gasteiger partial charge in [0.15, 0.2) is 17.0 Å². The van der Waals surface area contributed by atoms with Crippen LogP contribution in [0, 0.1) is 6.92 Å². The predicted molar refractivity (Wildman–Crippen MR) is 185 cm³/mol. The Labute approximate surface area is 272 Å². The number of hydrazine groups is 1. The summed E-state index contributed by atoms with van der Waals surface area (Å²) in [5, 5.41) is 1.45. The monoisotopic (exact) mass is 642 g/mol. The molecule has 0 spiro atoms. The SMILES string of the molecule is C1CCOC1.CC.CC.Cc1nc2c(N3CCN(C(c4ccc(Cl)cc4)c4ccc(Cl)cc4)CC3C)nc(NN)nc2n1C. The Morgan fingerprint density at radius 1 is 0.864 bits per heavy atom. The molecule has 3 N–H and O–H groups in total. The fourth-order valence-electron chi connectivity index (χ4n) is 5.37. The van der Waals surface area contributed by atoms with Gasteiger partial charge in [-0.05, 0) is 62.1 Å². The molecular formula is C33H48Cl2N8O. The smallest absolute Gasteiger partial charge is 0.241 e. The summed E-state index contributed by atoms with van der Waals surface area (Å²) in [6.45, 7) is 16.6. The topological polar surface area (TPSA) is 97.4 Å². The third-order valence-electron chi connectivity index (χ3n) is 7.55. The molecule has 11 heteroatoms. The minimum Gasteiger partial charge on any atom is -0.381 e. The summed E-state index contributed by atoms with van der Waals surface area (Å²) in [7, 11) is 1.95. The highest BCUT2D eigenvalue weighted by atomic mass is 35.5. The third kappa shape index (κ3) is 8.61. The van der Waals surface area contributed by atoms with E-state index < -0.39 is 0 Å². The van der Waals surface area contributed by atoms with E-state index in [1.165, 1.54) is 24.0 Å². The molecule has 1 atom stereocenters. The lowest BCUT2D eigenvalue weighted by atomic mass is 9.95. The maximum atomic E-state index is 6.19. The van der Waals surface area contributed by atoms with E-state index in [1.54, 1.807) is 0 Å². The maximum Gasteiger partial charge on any atom is 0.241 e. The van der Waals surface area contributed by atoms with Gasteiger partial charge in [0.05, 0.1) is 6.04 Å². The Kier molecular flexibility index (Phi) is 14.1. The van der Waals surface area contributed by atoms with Gasteiger partial charge in [0.1, 0.15) is 5.82 Å². The molecule has 2 fully saturated rings. The number of nitrogens with two attached hydrogens (primary N) is 1. The number of rotatable bonds is 5. The van der Waals surface area contributed by atoms with Crippen molar-refractivity contribution in [3.63, 3.8) is 0 Å². The fourth-order valence-corrected chi connectivity index (χ4v) is 5.62. The molecule has 240 valence electrons. The van der Waals surface area contributed by atoms with Gasteiger partial charge in [-0.25, -0.2) is 10.8 Å². The third-order valence-corrected chi connectivity index (χ3v) is 8.05. The second-order valence-electron chi connectivity index (χ2n) is 10.3. The van der Waals surface area contributed by atoms with Crippen LogP contribution in [-0.2, 0) is 11.8 Å². The number of imidazole rings is 1. The van der Waals surface area contributed by atoms with Crippen molar-refractivity contribution in [3.05, 3.63) is 75.5 Å². The first-order valence-electron chi connectivity index (χ1n) is 15.6. The summed E-state index contributed by atoms with van der Waals surface area (Å²) in [5.41, 5.74) is 6.54. The van der Waals surface area contributed by atoms with Gasteiger partial charge in [-0.1, -0.05) is 75.2 Å². The second kappa shape index (κ2) is 17.5. The summed E-state index contributed by atoms with van der Waals surface area (Å²) >= 11 is 12.4. The summed E-state index contributed by atoms with van der Waals surface area (Å²) in [6.07, 6.45) is 2.56. The van der Waals surface area contributed by atoms with Crippen molar-refractivity contribution in [2.45, 2.75) is 66.5 Å². The zero-order chi connectivity index (χ0) is 32.2. The Bertz CT molecular complexity index is 1370. The average molecular weight is 644 g/mol. The van der Waals surface area contributed by atoms with Crippen molar-refractivity contribution >= 4 is 46.1 Å². The van der Waals surface area contributed by atoms with Gasteiger partial charge in [-0.2, -0.15) is 9.97 Å². The number of hydrogen-bond acceptors (Lipinski definition) is 8. The number of nitrogen functional groups attached to an aromatic ring is 1. The van der Waals surface area contributed by atoms with E-state index in [0.717, 1.165) is 65.7 Å². The number of ether oxygens (including phenoxy) is 1. The summed E-state index contributed by atoms with van der Waals surface area (Å²) < 4.78 is 6.90. The van der Waals surface area contributed by atoms with Crippen LogP contribution in [0.15, 0.2) is 48.5 Å². The molecule has 2 aliphatic heterocycles. The van der Waals surface area contributed by atoms with Crippen molar-refractivity contribution in [2.24, 2.45) is 12.9 Å². The number of benzene rings is 2. The van der Waals surface area contributed by atoms with Crippen LogP contribution in [0.25, 0.3) is 11.2 Å². The van der Waals surface area contributed by atoms with E-state index >= 15 is 0 Å². The molecule has 9 nitrogen and oxygen atoms in total. The van der Waals surface area contributed by atoms with Crippen LogP contribution in [0.1, 0.15) is 70.5 Å². The lowest BCUT2D eigenvalue weighted by Crippen LogP contribution is -2.53. The number of aromatic nitrogens is 4. The van der Waals surface area contributed by atoms with Gasteiger partial charge in [0, 0.05) is 56.0 Å². The van der Waals surface area contributed by atoms with Gasteiger partial charge in [-0.15, -0.1) is 0 Å². The van der Waals surface area contributed by atoms with Crippen LogP contribution < -0.4 is 16.2 Å². The molecule has 4 heterocycles. The highest BCUT2D eigenvalue weighted by molar-refractivity contribution is 6.30. The predicted octanol–water partition coefficient (Wildman–Crippen LogP) is 7.41. The Morgan fingerprint density at radius 3 is 1.86 bits per heavy atom. The minimum atomic E-state index is 0.0814. The van der Waals surface area contributed by atoms with Gasteiger partial charge >= 0.3 is 0 Å². The second-order valence-corrected chi connectivity index (χ2v) is 11.1. The maximum absolute atomic E-state index is 6.19. The molecule has 6 rings (SSSR count). The zero-order valence-corrected chi connectivity index (χ0v) is 28.7. The molecule has 0 amide bonds. The Hall–Kier alpha value is -2.95. The van der Waals surface area contributed by atoms with Crippen LogP contribution in [-0.4, -0.2) is 63.3 Å². The van der Waals surface area contributed by atoms with Crippen LogP contribution in [0.5, 0.6) is 0 Å². The van der Waals surface area contributed by atoms with Gasteiger partial charge in [0.2, 0.25) is 5.95 Å². The van der Waals surface area contributed by atoms with E-state index in [-0.39, 0.29) is 12.1 Å². The highest BCUT2D eigenvalue weighted by Crippen LogP contribution is 2.34. The number of halogens is 2. The highest BCUT2D eigenvalue weighted by Gasteiger charge is 2.32. The standard InChI is InChI=1S/C25H28Cl2N8.C4H8O.2C2H6/c1-15-14-34(22(17-4-8-19(26)9-5-17)18-6-10-20(27)11-7-18)12-13-35(15)24-21-23(30-25(31-24)32-28)33(3)16(2)29-21;1-2-4-5-3-1;2*1-2/h4-11,15,22H,12-14,28H2,1-3H3,(H,30,31,32);1-4H2;2*1-2H3. The molecule has 0 saturated carbocycles. The fraction of sp³-hybridized carbons (Fsp3) is 0.485. The molecule has 0 bridgehead atoms. The van der Waals surface area contributed by atoms with Crippen molar-refractivity contribution in [1.29, 1.82) is 0 Å². The normalized spacial score (nSPS) is 16.4.